The molecule has 1 aromatic carbocycles. The van der Waals surface area contributed by atoms with E-state index in [4.69, 9.17) is 4.74 Å². The maximum absolute atomic E-state index is 5.88. The van der Waals surface area contributed by atoms with Crippen LogP contribution in [0.1, 0.15) is 0 Å². The highest BCUT2D eigenvalue weighted by Crippen LogP contribution is 2.29. The van der Waals surface area contributed by atoms with Gasteiger partial charge in [-0.2, -0.15) is 0 Å². The van der Waals surface area contributed by atoms with Gasteiger partial charge in [0, 0.05) is 24.0 Å². The molecule has 0 bridgehead atoms. The molecule has 5 aromatic rings. The number of benzene rings is 1. The highest BCUT2D eigenvalue weighted by molar-refractivity contribution is 7.18. The fourth-order valence-corrected chi connectivity index (χ4v) is 3.27. The summed E-state index contributed by atoms with van der Waals surface area (Å²) in [6.45, 7) is 0. The maximum Gasteiger partial charge on any atom is 0.299 e. The van der Waals surface area contributed by atoms with Gasteiger partial charge in [-0.25, -0.2) is 14.2 Å². The summed E-state index contributed by atoms with van der Waals surface area (Å²) in [6, 6.07) is 11.4. The standard InChI is InChI=1S/C17H11N7OS/c1-4-13(23-8-7-19-22-23)9-14(5-1)25-17-21-24-11-15(20-16(24)26-17)12-3-2-6-18-10-12/h1-11H. The summed E-state index contributed by atoms with van der Waals surface area (Å²) in [7, 11) is 0. The van der Waals surface area contributed by atoms with Gasteiger partial charge in [0.15, 0.2) is 0 Å². The van der Waals surface area contributed by atoms with Crippen LogP contribution in [0.15, 0.2) is 67.4 Å². The Balaban J connectivity index is 1.42. The van der Waals surface area contributed by atoms with E-state index in [0.717, 1.165) is 21.9 Å². The zero-order chi connectivity index (χ0) is 17.3. The van der Waals surface area contributed by atoms with Crippen molar-refractivity contribution in [1.82, 2.24) is 34.6 Å². The number of hydrogen-bond acceptors (Lipinski definition) is 7. The van der Waals surface area contributed by atoms with E-state index in [1.165, 1.54) is 11.3 Å². The first-order valence-corrected chi connectivity index (χ1v) is 8.58. The topological polar surface area (TPSA) is 83.0 Å². The second kappa shape index (κ2) is 6.05. The lowest BCUT2D eigenvalue weighted by atomic mass is 10.2. The van der Waals surface area contributed by atoms with Crippen molar-refractivity contribution in [2.45, 2.75) is 0 Å². The Morgan fingerprint density at radius 3 is 2.88 bits per heavy atom. The Kier molecular flexibility index (Phi) is 3.42. The molecule has 8 nitrogen and oxygen atoms in total. The summed E-state index contributed by atoms with van der Waals surface area (Å²) in [4.78, 5) is 9.45. The Morgan fingerprint density at radius 2 is 2.08 bits per heavy atom. The molecular formula is C17H11N7OS. The molecule has 0 unspecified atom stereocenters. The van der Waals surface area contributed by atoms with Crippen LogP contribution in [0.4, 0.5) is 0 Å². The lowest BCUT2D eigenvalue weighted by Crippen LogP contribution is -1.95. The Labute approximate surface area is 151 Å². The minimum Gasteiger partial charge on any atom is -0.430 e. The van der Waals surface area contributed by atoms with Crippen LogP contribution < -0.4 is 4.74 Å². The van der Waals surface area contributed by atoms with E-state index >= 15 is 0 Å². The second-order valence-electron chi connectivity index (χ2n) is 5.41. The molecule has 0 saturated carbocycles. The van der Waals surface area contributed by atoms with Crippen molar-refractivity contribution in [3.8, 4) is 27.9 Å². The number of imidazole rings is 1. The Morgan fingerprint density at radius 1 is 1.08 bits per heavy atom. The van der Waals surface area contributed by atoms with Crippen LogP contribution in [0.5, 0.6) is 10.9 Å². The highest BCUT2D eigenvalue weighted by Gasteiger charge is 2.11. The Hall–Kier alpha value is -3.59. The molecule has 0 N–H and O–H groups in total. The molecule has 0 spiro atoms. The van der Waals surface area contributed by atoms with E-state index in [1.807, 2.05) is 42.6 Å². The molecule has 4 heterocycles. The SMILES string of the molecule is c1cncc(-c2cn3nc(Oc4cccc(-n5ccnn5)c4)sc3n2)c1. The molecule has 26 heavy (non-hydrogen) atoms. The van der Waals surface area contributed by atoms with Crippen LogP contribution in [0.25, 0.3) is 21.9 Å². The van der Waals surface area contributed by atoms with E-state index in [2.05, 4.69) is 25.4 Å². The third kappa shape index (κ3) is 2.70. The van der Waals surface area contributed by atoms with E-state index < -0.39 is 0 Å². The third-order valence-corrected chi connectivity index (χ3v) is 4.49. The van der Waals surface area contributed by atoms with Gasteiger partial charge in [-0.05, 0) is 35.6 Å². The van der Waals surface area contributed by atoms with Gasteiger partial charge in [0.1, 0.15) is 5.75 Å². The molecule has 0 fully saturated rings. The predicted molar refractivity (Wildman–Crippen MR) is 95.5 cm³/mol. The molecule has 0 saturated heterocycles. The highest BCUT2D eigenvalue weighted by atomic mass is 32.1. The van der Waals surface area contributed by atoms with Gasteiger partial charge in [-0.1, -0.05) is 11.3 Å². The predicted octanol–water partition coefficient (Wildman–Crippen LogP) is 3.23. The van der Waals surface area contributed by atoms with E-state index in [1.54, 1.807) is 34.0 Å². The van der Waals surface area contributed by atoms with Gasteiger partial charge in [0.2, 0.25) is 4.96 Å². The van der Waals surface area contributed by atoms with Crippen molar-refractivity contribution >= 4 is 16.3 Å². The zero-order valence-corrected chi connectivity index (χ0v) is 14.1. The average Bonchev–Trinajstić information content (AvgIpc) is 3.39. The fourth-order valence-electron chi connectivity index (χ4n) is 2.51. The minimum atomic E-state index is 0.515. The lowest BCUT2D eigenvalue weighted by Gasteiger charge is -2.04. The number of hydrogen-bond donors (Lipinski definition) is 0. The number of rotatable bonds is 4. The number of nitrogens with zero attached hydrogens (tertiary/aromatic N) is 7. The van der Waals surface area contributed by atoms with Gasteiger partial charge < -0.3 is 4.74 Å². The summed E-state index contributed by atoms with van der Waals surface area (Å²) < 4.78 is 9.26. The first-order chi connectivity index (χ1) is 12.8. The van der Waals surface area contributed by atoms with Crippen molar-refractivity contribution in [1.29, 1.82) is 0 Å². The molecule has 4 aromatic heterocycles. The molecule has 0 aliphatic rings. The zero-order valence-electron chi connectivity index (χ0n) is 13.3. The molecule has 0 amide bonds. The van der Waals surface area contributed by atoms with E-state index in [0.29, 0.717) is 10.9 Å². The van der Waals surface area contributed by atoms with Gasteiger partial charge in [0.25, 0.3) is 5.19 Å². The number of aromatic nitrogens is 7. The summed E-state index contributed by atoms with van der Waals surface area (Å²) in [6.07, 6.45) is 8.78. The lowest BCUT2D eigenvalue weighted by molar-refractivity contribution is 0.470. The van der Waals surface area contributed by atoms with Crippen LogP contribution >= 0.6 is 11.3 Å². The third-order valence-electron chi connectivity index (χ3n) is 3.69. The molecule has 0 radical (unpaired) electrons. The van der Waals surface area contributed by atoms with Crippen molar-refractivity contribution in [2.75, 3.05) is 0 Å². The molecular weight excluding hydrogens is 350 g/mol. The molecule has 5 rings (SSSR count). The van der Waals surface area contributed by atoms with Gasteiger partial charge in [0.05, 0.1) is 30.0 Å². The largest absolute Gasteiger partial charge is 0.430 e. The summed E-state index contributed by atoms with van der Waals surface area (Å²) in [5.74, 6) is 0.669. The normalized spacial score (nSPS) is 11.1. The summed E-state index contributed by atoms with van der Waals surface area (Å²) >= 11 is 1.37. The monoisotopic (exact) mass is 361 g/mol. The van der Waals surface area contributed by atoms with Crippen molar-refractivity contribution in [2.24, 2.45) is 0 Å². The van der Waals surface area contributed by atoms with Gasteiger partial charge in [-0.3, -0.25) is 4.98 Å². The van der Waals surface area contributed by atoms with Crippen LogP contribution in [0.3, 0.4) is 0 Å². The van der Waals surface area contributed by atoms with Crippen molar-refractivity contribution in [3.05, 3.63) is 67.4 Å². The number of pyridine rings is 1. The average molecular weight is 361 g/mol. The second-order valence-corrected chi connectivity index (χ2v) is 6.33. The van der Waals surface area contributed by atoms with Crippen LogP contribution in [-0.2, 0) is 0 Å². The smallest absolute Gasteiger partial charge is 0.299 e. The van der Waals surface area contributed by atoms with Crippen molar-refractivity contribution in [3.63, 3.8) is 0 Å². The van der Waals surface area contributed by atoms with Crippen molar-refractivity contribution < 1.29 is 4.74 Å². The maximum atomic E-state index is 5.88. The molecule has 0 atom stereocenters. The van der Waals surface area contributed by atoms with Crippen LogP contribution in [-0.4, -0.2) is 34.6 Å². The van der Waals surface area contributed by atoms with Crippen LogP contribution in [0, 0.1) is 0 Å². The van der Waals surface area contributed by atoms with Gasteiger partial charge in [-0.15, -0.1) is 10.2 Å². The molecule has 0 aliphatic carbocycles. The Bertz CT molecular complexity index is 1130. The molecule has 9 heteroatoms. The van der Waals surface area contributed by atoms with Gasteiger partial charge >= 0.3 is 0 Å². The minimum absolute atomic E-state index is 0.515. The summed E-state index contributed by atoms with van der Waals surface area (Å²) in [5, 5.41) is 12.7. The quantitative estimate of drug-likeness (QED) is 0.489. The first-order valence-electron chi connectivity index (χ1n) is 7.76. The number of fused-ring (bicyclic) bond motifs is 1. The molecule has 126 valence electrons. The van der Waals surface area contributed by atoms with Crippen LogP contribution in [0.2, 0.25) is 0 Å². The number of ether oxygens (including phenoxy) is 1. The van der Waals surface area contributed by atoms with E-state index in [-0.39, 0.29) is 0 Å². The summed E-state index contributed by atoms with van der Waals surface area (Å²) in [5.41, 5.74) is 2.64. The molecule has 0 aliphatic heterocycles. The first kappa shape index (κ1) is 14.7. The fraction of sp³-hybridized carbons (Fsp3) is 0. The van der Waals surface area contributed by atoms with E-state index in [9.17, 15) is 0 Å².